The Morgan fingerprint density at radius 1 is 1.21 bits per heavy atom. The first-order valence-corrected chi connectivity index (χ1v) is 10.3. The normalized spacial score (nSPS) is 14.3. The highest BCUT2D eigenvalue weighted by Gasteiger charge is 2.29. The predicted molar refractivity (Wildman–Crippen MR) is 99.2 cm³/mol. The van der Waals surface area contributed by atoms with Crippen LogP contribution in [0.1, 0.15) is 25.3 Å². The lowest BCUT2D eigenvalue weighted by Gasteiger charge is -2.30. The first-order valence-electron chi connectivity index (χ1n) is 8.07. The molecule has 0 aromatic heterocycles. The summed E-state index contributed by atoms with van der Waals surface area (Å²) in [5.74, 6) is 0.559. The van der Waals surface area contributed by atoms with E-state index < -0.39 is 10.0 Å². The number of halogens is 1. The van der Waals surface area contributed by atoms with Crippen molar-refractivity contribution in [1.82, 2.24) is 0 Å². The number of hydrogen-bond donors (Lipinski definition) is 0. The van der Waals surface area contributed by atoms with E-state index in [-0.39, 0.29) is 4.90 Å². The third-order valence-corrected chi connectivity index (χ3v) is 6.48. The number of benzene rings is 2. The zero-order valence-corrected chi connectivity index (χ0v) is 15.9. The summed E-state index contributed by atoms with van der Waals surface area (Å²) in [6, 6.07) is 12.7. The molecule has 0 radical (unpaired) electrons. The zero-order chi connectivity index (χ0) is 17.2. The van der Waals surface area contributed by atoms with Gasteiger partial charge in [0.1, 0.15) is 5.75 Å². The van der Waals surface area contributed by atoms with Crippen molar-refractivity contribution >= 4 is 31.6 Å². The van der Waals surface area contributed by atoms with E-state index in [1.54, 1.807) is 18.2 Å². The van der Waals surface area contributed by atoms with Gasteiger partial charge < -0.3 is 4.74 Å². The highest BCUT2D eigenvalue weighted by molar-refractivity contribution is 9.10. The number of fused-ring (bicyclic) bond motifs is 1. The standard InChI is InChI=1S/C18H20BrNO3S/c1-2-12-23-18-13-15(9-10-16(18)19)24(21,22)20-11-5-7-14-6-3-4-8-17(14)20/h3-4,6,8-10,13H,2,5,7,11-12H2,1H3. The van der Waals surface area contributed by atoms with Crippen LogP contribution in [0.15, 0.2) is 51.8 Å². The highest BCUT2D eigenvalue weighted by atomic mass is 79.9. The lowest BCUT2D eigenvalue weighted by Crippen LogP contribution is -2.35. The lowest BCUT2D eigenvalue weighted by molar-refractivity contribution is 0.314. The fourth-order valence-electron chi connectivity index (χ4n) is 2.84. The van der Waals surface area contributed by atoms with Gasteiger partial charge in [-0.3, -0.25) is 4.31 Å². The van der Waals surface area contributed by atoms with Gasteiger partial charge >= 0.3 is 0 Å². The van der Waals surface area contributed by atoms with Crippen LogP contribution in [0, 0.1) is 0 Å². The van der Waals surface area contributed by atoms with Gasteiger partial charge in [0, 0.05) is 12.6 Å². The van der Waals surface area contributed by atoms with Crippen molar-refractivity contribution in [2.45, 2.75) is 31.1 Å². The van der Waals surface area contributed by atoms with E-state index in [2.05, 4.69) is 15.9 Å². The van der Waals surface area contributed by atoms with Gasteiger partial charge in [-0.2, -0.15) is 0 Å². The summed E-state index contributed by atoms with van der Waals surface area (Å²) >= 11 is 3.42. The molecule has 0 saturated heterocycles. The molecule has 0 saturated carbocycles. The van der Waals surface area contributed by atoms with E-state index in [0.717, 1.165) is 35.0 Å². The Bertz CT molecular complexity index is 836. The zero-order valence-electron chi connectivity index (χ0n) is 13.5. The van der Waals surface area contributed by atoms with Crippen molar-refractivity contribution in [2.24, 2.45) is 0 Å². The van der Waals surface area contributed by atoms with Crippen molar-refractivity contribution in [3.63, 3.8) is 0 Å². The van der Waals surface area contributed by atoms with Crippen LogP contribution in [-0.4, -0.2) is 21.6 Å². The van der Waals surface area contributed by atoms with Crippen molar-refractivity contribution in [3.8, 4) is 5.75 Å². The first kappa shape index (κ1) is 17.3. The molecule has 0 amide bonds. The summed E-state index contributed by atoms with van der Waals surface area (Å²) in [5.41, 5.74) is 1.86. The molecule has 3 rings (SSSR count). The van der Waals surface area contributed by atoms with Gasteiger partial charge in [-0.05, 0) is 59.0 Å². The van der Waals surface area contributed by atoms with Crippen LogP contribution in [0.3, 0.4) is 0 Å². The minimum Gasteiger partial charge on any atom is -0.492 e. The van der Waals surface area contributed by atoms with Gasteiger partial charge in [-0.25, -0.2) is 8.42 Å². The molecule has 1 aliphatic rings. The molecule has 2 aromatic carbocycles. The van der Waals surface area contributed by atoms with Crippen LogP contribution >= 0.6 is 15.9 Å². The van der Waals surface area contributed by atoms with Crippen molar-refractivity contribution in [3.05, 3.63) is 52.5 Å². The topological polar surface area (TPSA) is 46.6 Å². The maximum absolute atomic E-state index is 13.1. The number of aryl methyl sites for hydroxylation is 1. The number of anilines is 1. The van der Waals surface area contributed by atoms with Crippen LogP contribution in [0.2, 0.25) is 0 Å². The van der Waals surface area contributed by atoms with Crippen molar-refractivity contribution in [1.29, 1.82) is 0 Å². The molecule has 1 heterocycles. The van der Waals surface area contributed by atoms with Gasteiger partial charge in [-0.15, -0.1) is 0 Å². The molecule has 2 aromatic rings. The monoisotopic (exact) mass is 409 g/mol. The van der Waals surface area contributed by atoms with E-state index in [1.807, 2.05) is 31.2 Å². The number of ether oxygens (including phenoxy) is 1. The van der Waals surface area contributed by atoms with Crippen LogP contribution in [0.5, 0.6) is 5.75 Å². The van der Waals surface area contributed by atoms with E-state index in [0.29, 0.717) is 18.9 Å². The molecule has 128 valence electrons. The number of rotatable bonds is 5. The van der Waals surface area contributed by atoms with Crippen molar-refractivity contribution < 1.29 is 13.2 Å². The molecule has 4 nitrogen and oxygen atoms in total. The summed E-state index contributed by atoms with van der Waals surface area (Å²) in [7, 11) is -3.61. The number of nitrogens with zero attached hydrogens (tertiary/aromatic N) is 1. The van der Waals surface area contributed by atoms with Gasteiger partial charge in [0.05, 0.1) is 21.7 Å². The summed E-state index contributed by atoms with van der Waals surface area (Å²) in [4.78, 5) is 0.258. The maximum atomic E-state index is 13.1. The minimum absolute atomic E-state index is 0.258. The molecular weight excluding hydrogens is 390 g/mol. The Morgan fingerprint density at radius 3 is 2.79 bits per heavy atom. The summed E-state index contributed by atoms with van der Waals surface area (Å²) in [6.07, 6.45) is 2.60. The molecule has 0 fully saturated rings. The Hall–Kier alpha value is -1.53. The van der Waals surface area contributed by atoms with Crippen LogP contribution in [-0.2, 0) is 16.4 Å². The summed E-state index contributed by atoms with van der Waals surface area (Å²) in [6.45, 7) is 3.06. The molecule has 0 unspecified atom stereocenters. The first-order chi connectivity index (χ1) is 11.5. The fraction of sp³-hybridized carbons (Fsp3) is 0.333. The molecule has 0 spiro atoms. The van der Waals surface area contributed by atoms with Gasteiger partial charge in [0.2, 0.25) is 0 Å². The summed E-state index contributed by atoms with van der Waals surface area (Å²) < 4.78 is 34.2. The quantitative estimate of drug-likeness (QED) is 0.735. The molecule has 0 aliphatic carbocycles. The molecular formula is C18H20BrNO3S. The number of para-hydroxylation sites is 1. The van der Waals surface area contributed by atoms with E-state index in [9.17, 15) is 8.42 Å². The molecule has 24 heavy (non-hydrogen) atoms. The SMILES string of the molecule is CCCOc1cc(S(=O)(=O)N2CCCc3ccccc32)ccc1Br. The third kappa shape index (κ3) is 3.30. The Labute approximate surface area is 151 Å². The van der Waals surface area contributed by atoms with Crippen LogP contribution in [0.4, 0.5) is 5.69 Å². The predicted octanol–water partition coefficient (Wildman–Crippen LogP) is 4.38. The largest absolute Gasteiger partial charge is 0.492 e. The second kappa shape index (κ2) is 7.15. The average molecular weight is 410 g/mol. The minimum atomic E-state index is -3.61. The Kier molecular flexibility index (Phi) is 5.15. The lowest BCUT2D eigenvalue weighted by atomic mass is 10.0. The van der Waals surface area contributed by atoms with Crippen LogP contribution < -0.4 is 9.04 Å². The van der Waals surface area contributed by atoms with E-state index in [1.165, 1.54) is 4.31 Å². The Balaban J connectivity index is 2.00. The van der Waals surface area contributed by atoms with Gasteiger partial charge in [0.25, 0.3) is 10.0 Å². The fourth-order valence-corrected chi connectivity index (χ4v) is 4.76. The average Bonchev–Trinajstić information content (AvgIpc) is 2.60. The van der Waals surface area contributed by atoms with Crippen LogP contribution in [0.25, 0.3) is 0 Å². The third-order valence-electron chi connectivity index (χ3n) is 4.02. The highest BCUT2D eigenvalue weighted by Crippen LogP contribution is 2.34. The smallest absolute Gasteiger partial charge is 0.264 e. The second-order valence-electron chi connectivity index (χ2n) is 5.75. The second-order valence-corrected chi connectivity index (χ2v) is 8.47. The molecule has 0 bridgehead atoms. The van der Waals surface area contributed by atoms with E-state index >= 15 is 0 Å². The van der Waals surface area contributed by atoms with Gasteiger partial charge in [-0.1, -0.05) is 25.1 Å². The molecule has 1 aliphatic heterocycles. The molecule has 0 N–H and O–H groups in total. The van der Waals surface area contributed by atoms with E-state index in [4.69, 9.17) is 4.74 Å². The molecule has 6 heteroatoms. The summed E-state index contributed by atoms with van der Waals surface area (Å²) in [5, 5.41) is 0. The molecule has 0 atom stereocenters. The maximum Gasteiger partial charge on any atom is 0.264 e. The Morgan fingerprint density at radius 2 is 2.00 bits per heavy atom. The van der Waals surface area contributed by atoms with Crippen molar-refractivity contribution in [2.75, 3.05) is 17.5 Å². The number of sulfonamides is 1. The number of hydrogen-bond acceptors (Lipinski definition) is 3. The van der Waals surface area contributed by atoms with Gasteiger partial charge in [0.15, 0.2) is 0 Å².